The van der Waals surface area contributed by atoms with Gasteiger partial charge < -0.3 is 5.32 Å². The second kappa shape index (κ2) is 3.52. The Morgan fingerprint density at radius 3 is 2.86 bits per heavy atom. The van der Waals surface area contributed by atoms with Gasteiger partial charge >= 0.3 is 0 Å². The molecule has 1 saturated carbocycles. The highest BCUT2D eigenvalue weighted by molar-refractivity contribution is 14.1. The van der Waals surface area contributed by atoms with Crippen LogP contribution in [0.25, 0.3) is 0 Å². The van der Waals surface area contributed by atoms with Crippen LogP contribution >= 0.6 is 22.6 Å². The Morgan fingerprint density at radius 2 is 2.43 bits per heavy atom. The molecule has 0 spiro atoms. The van der Waals surface area contributed by atoms with E-state index in [1.54, 1.807) is 10.9 Å². The Balaban J connectivity index is 2.07. The Hall–Kier alpha value is -0.590. The number of nitrogens with one attached hydrogen (secondary N) is 1. The Bertz CT molecular complexity index is 374. The topological polar surface area (TPSA) is 46.9 Å². The Kier molecular flexibility index (Phi) is 2.50. The first-order valence-electron chi connectivity index (χ1n) is 4.58. The zero-order valence-electron chi connectivity index (χ0n) is 8.12. The fraction of sp³-hybridized carbons (Fsp3) is 0.556. The molecule has 1 aliphatic carbocycles. The normalized spacial score (nSPS) is 24.8. The standard InChI is InChI=1S/C9H12IN3O/c1-5-3-7(5)12-9(14)6-4-11-13(2)8(6)10/h4-5,7H,3H2,1-2H3,(H,12,14). The molecule has 0 aliphatic heterocycles. The van der Waals surface area contributed by atoms with Crippen molar-refractivity contribution < 1.29 is 4.79 Å². The van der Waals surface area contributed by atoms with Crippen LogP contribution in [0, 0.1) is 9.62 Å². The van der Waals surface area contributed by atoms with E-state index in [9.17, 15) is 4.79 Å². The molecule has 0 saturated heterocycles. The van der Waals surface area contributed by atoms with E-state index in [1.165, 1.54) is 0 Å². The van der Waals surface area contributed by atoms with Crippen molar-refractivity contribution in [1.29, 1.82) is 0 Å². The van der Waals surface area contributed by atoms with Gasteiger partial charge in [0.15, 0.2) is 0 Å². The molecule has 2 atom stereocenters. The third-order valence-corrected chi connectivity index (χ3v) is 3.82. The summed E-state index contributed by atoms with van der Waals surface area (Å²) >= 11 is 2.13. The maximum absolute atomic E-state index is 11.7. The molecule has 76 valence electrons. The van der Waals surface area contributed by atoms with Crippen LogP contribution in [0.1, 0.15) is 23.7 Å². The molecule has 1 fully saturated rings. The van der Waals surface area contributed by atoms with E-state index >= 15 is 0 Å². The molecule has 4 nitrogen and oxygen atoms in total. The van der Waals surface area contributed by atoms with Crippen molar-refractivity contribution in [2.75, 3.05) is 0 Å². The van der Waals surface area contributed by atoms with Crippen molar-refractivity contribution in [2.24, 2.45) is 13.0 Å². The zero-order valence-corrected chi connectivity index (χ0v) is 10.3. The van der Waals surface area contributed by atoms with Crippen molar-refractivity contribution in [3.8, 4) is 0 Å². The average Bonchev–Trinajstić information content (AvgIpc) is 2.70. The van der Waals surface area contributed by atoms with Gasteiger partial charge in [0.25, 0.3) is 5.91 Å². The van der Waals surface area contributed by atoms with Crippen molar-refractivity contribution in [3.05, 3.63) is 15.5 Å². The fourth-order valence-corrected chi connectivity index (χ4v) is 1.85. The third kappa shape index (κ3) is 1.77. The minimum atomic E-state index is -0.00292. The van der Waals surface area contributed by atoms with Crippen molar-refractivity contribution >= 4 is 28.5 Å². The molecule has 0 bridgehead atoms. The van der Waals surface area contributed by atoms with Crippen LogP contribution in [0.15, 0.2) is 6.20 Å². The minimum absolute atomic E-state index is 0.00292. The molecule has 2 unspecified atom stereocenters. The summed E-state index contributed by atoms with van der Waals surface area (Å²) in [6, 6.07) is 0.374. The van der Waals surface area contributed by atoms with Crippen molar-refractivity contribution in [3.63, 3.8) is 0 Å². The predicted molar refractivity (Wildman–Crippen MR) is 61.0 cm³/mol. The predicted octanol–water partition coefficient (Wildman–Crippen LogP) is 1.16. The van der Waals surface area contributed by atoms with Gasteiger partial charge in [0, 0.05) is 13.1 Å². The number of amides is 1. The lowest BCUT2D eigenvalue weighted by Gasteiger charge is -2.01. The molecule has 0 aromatic carbocycles. The van der Waals surface area contributed by atoms with E-state index in [2.05, 4.69) is 39.9 Å². The maximum atomic E-state index is 11.7. The van der Waals surface area contributed by atoms with E-state index in [1.807, 2.05) is 7.05 Å². The Labute approximate surface area is 96.2 Å². The highest BCUT2D eigenvalue weighted by Gasteiger charge is 2.34. The summed E-state index contributed by atoms with van der Waals surface area (Å²) < 4.78 is 2.58. The molecule has 0 radical (unpaired) electrons. The van der Waals surface area contributed by atoms with E-state index < -0.39 is 0 Å². The molecule has 1 aromatic rings. The van der Waals surface area contributed by atoms with Gasteiger partial charge in [-0.3, -0.25) is 9.48 Å². The summed E-state index contributed by atoms with van der Waals surface area (Å²) in [6.07, 6.45) is 2.72. The van der Waals surface area contributed by atoms with Crippen LogP contribution in [-0.4, -0.2) is 21.7 Å². The van der Waals surface area contributed by atoms with E-state index in [0.717, 1.165) is 10.1 Å². The van der Waals surface area contributed by atoms with Gasteiger partial charge in [-0.25, -0.2) is 0 Å². The van der Waals surface area contributed by atoms with Crippen LogP contribution in [0.3, 0.4) is 0 Å². The van der Waals surface area contributed by atoms with Crippen molar-refractivity contribution in [2.45, 2.75) is 19.4 Å². The van der Waals surface area contributed by atoms with Crippen LogP contribution < -0.4 is 5.32 Å². The van der Waals surface area contributed by atoms with Crippen LogP contribution in [-0.2, 0) is 7.05 Å². The molecule has 2 rings (SSSR count). The van der Waals surface area contributed by atoms with Gasteiger partial charge in [0.05, 0.1) is 11.8 Å². The fourth-order valence-electron chi connectivity index (χ4n) is 1.34. The van der Waals surface area contributed by atoms with Crippen LogP contribution in [0.5, 0.6) is 0 Å². The molecular formula is C9H12IN3O. The van der Waals surface area contributed by atoms with Gasteiger partial charge in [-0.1, -0.05) is 6.92 Å². The molecule has 1 aromatic heterocycles. The number of hydrogen-bond donors (Lipinski definition) is 1. The lowest BCUT2D eigenvalue weighted by molar-refractivity contribution is 0.0948. The maximum Gasteiger partial charge on any atom is 0.255 e. The summed E-state index contributed by atoms with van der Waals surface area (Å²) in [7, 11) is 1.83. The van der Waals surface area contributed by atoms with Crippen LogP contribution in [0.4, 0.5) is 0 Å². The number of rotatable bonds is 2. The molecule has 1 aliphatic rings. The average molecular weight is 305 g/mol. The van der Waals surface area contributed by atoms with E-state index in [-0.39, 0.29) is 5.91 Å². The second-order valence-corrected chi connectivity index (χ2v) is 4.79. The van der Waals surface area contributed by atoms with Crippen LogP contribution in [0.2, 0.25) is 0 Å². The quantitative estimate of drug-likeness (QED) is 0.834. The third-order valence-electron chi connectivity index (χ3n) is 2.54. The Morgan fingerprint density at radius 1 is 1.79 bits per heavy atom. The van der Waals surface area contributed by atoms with E-state index in [0.29, 0.717) is 17.5 Å². The summed E-state index contributed by atoms with van der Waals surface area (Å²) in [4.78, 5) is 11.7. The van der Waals surface area contributed by atoms with Gasteiger partial charge in [-0.05, 0) is 34.9 Å². The lowest BCUT2D eigenvalue weighted by Crippen LogP contribution is -2.26. The summed E-state index contributed by atoms with van der Waals surface area (Å²) in [5.41, 5.74) is 0.673. The molecule has 1 amide bonds. The van der Waals surface area contributed by atoms with Gasteiger partial charge in [-0.2, -0.15) is 5.10 Å². The van der Waals surface area contributed by atoms with Crippen molar-refractivity contribution in [1.82, 2.24) is 15.1 Å². The second-order valence-electron chi connectivity index (χ2n) is 3.77. The molecule has 14 heavy (non-hydrogen) atoms. The minimum Gasteiger partial charge on any atom is -0.349 e. The monoisotopic (exact) mass is 305 g/mol. The molecular weight excluding hydrogens is 293 g/mol. The number of hydrogen-bond acceptors (Lipinski definition) is 2. The van der Waals surface area contributed by atoms with E-state index in [4.69, 9.17) is 0 Å². The smallest absolute Gasteiger partial charge is 0.255 e. The first kappa shape index (κ1) is 9.95. The van der Waals surface area contributed by atoms with Gasteiger partial charge in [0.2, 0.25) is 0 Å². The summed E-state index contributed by atoms with van der Waals surface area (Å²) in [5.74, 6) is 0.630. The first-order valence-corrected chi connectivity index (χ1v) is 5.66. The zero-order chi connectivity index (χ0) is 10.3. The number of halogens is 1. The number of carbonyl (C=O) groups is 1. The molecule has 1 heterocycles. The first-order chi connectivity index (χ1) is 6.59. The number of nitrogens with zero attached hydrogens (tertiary/aromatic N) is 2. The highest BCUT2D eigenvalue weighted by Crippen LogP contribution is 2.29. The highest BCUT2D eigenvalue weighted by atomic mass is 127. The largest absolute Gasteiger partial charge is 0.349 e. The number of aryl methyl sites for hydroxylation is 1. The summed E-state index contributed by atoms with van der Waals surface area (Å²) in [6.45, 7) is 2.14. The molecule has 5 heteroatoms. The van der Waals surface area contributed by atoms with Gasteiger partial charge in [-0.15, -0.1) is 0 Å². The van der Waals surface area contributed by atoms with Gasteiger partial charge in [0.1, 0.15) is 3.70 Å². The molecule has 1 N–H and O–H groups in total. The summed E-state index contributed by atoms with van der Waals surface area (Å²) in [5, 5.41) is 7.01. The lowest BCUT2D eigenvalue weighted by atomic mass is 10.3. The SMILES string of the molecule is CC1CC1NC(=O)c1cnn(C)c1I. The number of carbonyl (C=O) groups excluding carboxylic acids is 1. The number of aromatic nitrogens is 2.